The number of methoxy groups -OCH3 is 1. The van der Waals surface area contributed by atoms with Crippen LogP contribution in [-0.4, -0.2) is 13.5 Å². The van der Waals surface area contributed by atoms with Crippen LogP contribution in [0.25, 0.3) is 0 Å². The highest BCUT2D eigenvalue weighted by atomic mass is 19.3. The highest BCUT2D eigenvalue weighted by Gasteiger charge is 2.43. The second-order valence-corrected chi connectivity index (χ2v) is 6.83. The van der Waals surface area contributed by atoms with Crippen LogP contribution in [-0.2, 0) is 12.3 Å². The van der Waals surface area contributed by atoms with Crippen LogP contribution in [0.1, 0.15) is 28.2 Å². The molecule has 0 aliphatic heterocycles. The molecule has 3 aromatic carbocycles. The standard InChI is InChI=1S/C23H18F6O/c1-30-21-12-15(7-8-20(21)25)19(9-14-5-3-2-4-6-14)16-10-17(13-18(24)11-16)23(28,29)22(26)27/h2-8,10-13,19,22H,9H2,1H3/t19-/m1/s1. The zero-order valence-corrected chi connectivity index (χ0v) is 15.9. The molecular formula is C23H18F6O. The number of hydrogen-bond donors (Lipinski definition) is 0. The third-order valence-electron chi connectivity index (χ3n) is 4.84. The Bertz CT molecular complexity index is 1000. The first kappa shape index (κ1) is 21.7. The highest BCUT2D eigenvalue weighted by molar-refractivity contribution is 5.42. The van der Waals surface area contributed by atoms with Crippen molar-refractivity contribution in [1.82, 2.24) is 0 Å². The number of benzene rings is 3. The van der Waals surface area contributed by atoms with E-state index in [-0.39, 0.29) is 17.7 Å². The number of ether oxygens (including phenoxy) is 1. The maximum atomic E-state index is 14.2. The number of halogens is 6. The molecule has 0 aliphatic carbocycles. The topological polar surface area (TPSA) is 9.23 Å². The Hall–Kier alpha value is -2.96. The zero-order valence-electron chi connectivity index (χ0n) is 15.9. The second kappa shape index (κ2) is 8.81. The first-order valence-corrected chi connectivity index (χ1v) is 9.06. The lowest BCUT2D eigenvalue weighted by atomic mass is 9.84. The first-order valence-electron chi connectivity index (χ1n) is 9.06. The minimum atomic E-state index is -4.51. The average Bonchev–Trinajstić information content (AvgIpc) is 2.72. The van der Waals surface area contributed by atoms with E-state index >= 15 is 0 Å². The fraction of sp³-hybridized carbons (Fsp3) is 0.217. The van der Waals surface area contributed by atoms with Crippen LogP contribution in [0.3, 0.4) is 0 Å². The molecule has 0 unspecified atom stereocenters. The van der Waals surface area contributed by atoms with E-state index in [1.165, 1.54) is 19.2 Å². The third-order valence-corrected chi connectivity index (χ3v) is 4.84. The van der Waals surface area contributed by atoms with E-state index < -0.39 is 35.5 Å². The smallest absolute Gasteiger partial charge is 0.332 e. The summed E-state index contributed by atoms with van der Waals surface area (Å²) in [5, 5.41) is 0. The van der Waals surface area contributed by atoms with Gasteiger partial charge in [-0.15, -0.1) is 0 Å². The van der Waals surface area contributed by atoms with Crippen LogP contribution in [0.5, 0.6) is 5.75 Å². The van der Waals surface area contributed by atoms with E-state index in [0.29, 0.717) is 11.6 Å². The molecule has 0 N–H and O–H groups in total. The minimum absolute atomic E-state index is 0.0694. The van der Waals surface area contributed by atoms with Crippen molar-refractivity contribution in [3.05, 3.63) is 101 Å². The molecule has 0 saturated heterocycles. The van der Waals surface area contributed by atoms with Gasteiger partial charge in [-0.05, 0) is 53.4 Å². The molecule has 0 spiro atoms. The van der Waals surface area contributed by atoms with Crippen molar-refractivity contribution in [3.8, 4) is 5.75 Å². The lowest BCUT2D eigenvalue weighted by Gasteiger charge is -2.22. The summed E-state index contributed by atoms with van der Waals surface area (Å²) in [4.78, 5) is 0. The Labute approximate surface area is 169 Å². The molecule has 7 heteroatoms. The summed E-state index contributed by atoms with van der Waals surface area (Å²) >= 11 is 0. The Morgan fingerprint density at radius 1 is 0.867 bits per heavy atom. The highest BCUT2D eigenvalue weighted by Crippen LogP contribution is 2.38. The van der Waals surface area contributed by atoms with E-state index in [1.54, 1.807) is 30.3 Å². The van der Waals surface area contributed by atoms with Gasteiger partial charge in [-0.2, -0.15) is 8.78 Å². The third kappa shape index (κ3) is 4.61. The van der Waals surface area contributed by atoms with Gasteiger partial charge >= 0.3 is 12.3 Å². The predicted octanol–water partition coefficient (Wildman–Crippen LogP) is 6.70. The first-order chi connectivity index (χ1) is 14.2. The van der Waals surface area contributed by atoms with Crippen molar-refractivity contribution in [1.29, 1.82) is 0 Å². The Morgan fingerprint density at radius 2 is 1.57 bits per heavy atom. The zero-order chi connectivity index (χ0) is 21.9. The molecule has 0 radical (unpaired) electrons. The van der Waals surface area contributed by atoms with E-state index in [2.05, 4.69) is 0 Å². The molecule has 158 valence electrons. The fourth-order valence-corrected chi connectivity index (χ4v) is 3.30. The van der Waals surface area contributed by atoms with Gasteiger partial charge in [0.1, 0.15) is 5.82 Å². The quantitative estimate of drug-likeness (QED) is 0.383. The van der Waals surface area contributed by atoms with Gasteiger partial charge in [0.05, 0.1) is 7.11 Å². The summed E-state index contributed by atoms with van der Waals surface area (Å²) in [6.07, 6.45) is -3.73. The van der Waals surface area contributed by atoms with Crippen molar-refractivity contribution in [2.75, 3.05) is 7.11 Å². The van der Waals surface area contributed by atoms with E-state index in [1.807, 2.05) is 0 Å². The van der Waals surface area contributed by atoms with E-state index in [4.69, 9.17) is 4.74 Å². The molecule has 0 aliphatic rings. The summed E-state index contributed by atoms with van der Waals surface area (Å²) in [5.41, 5.74) is 0.230. The molecule has 1 nitrogen and oxygen atoms in total. The second-order valence-electron chi connectivity index (χ2n) is 6.83. The molecule has 3 aromatic rings. The van der Waals surface area contributed by atoms with Crippen molar-refractivity contribution in [2.24, 2.45) is 0 Å². The molecule has 0 heterocycles. The molecule has 0 fully saturated rings. The molecule has 1 atom stereocenters. The maximum Gasteiger partial charge on any atom is 0.332 e. The van der Waals surface area contributed by atoms with Gasteiger partial charge in [-0.3, -0.25) is 0 Å². The van der Waals surface area contributed by atoms with Gasteiger partial charge in [0.15, 0.2) is 11.6 Å². The van der Waals surface area contributed by atoms with Crippen LogP contribution >= 0.6 is 0 Å². The Balaban J connectivity index is 2.14. The van der Waals surface area contributed by atoms with Crippen molar-refractivity contribution in [3.63, 3.8) is 0 Å². The van der Waals surface area contributed by atoms with Crippen LogP contribution in [0.15, 0.2) is 66.7 Å². The van der Waals surface area contributed by atoms with Crippen LogP contribution in [0.2, 0.25) is 0 Å². The summed E-state index contributed by atoms with van der Waals surface area (Å²) in [6, 6.07) is 15.2. The van der Waals surface area contributed by atoms with E-state index in [0.717, 1.165) is 23.8 Å². The molecule has 0 amide bonds. The number of alkyl halides is 4. The summed E-state index contributed by atoms with van der Waals surface area (Å²) < 4.78 is 86.6. The van der Waals surface area contributed by atoms with Gasteiger partial charge in [0, 0.05) is 11.5 Å². The molecule has 0 aromatic heterocycles. The van der Waals surface area contributed by atoms with Gasteiger partial charge < -0.3 is 4.74 Å². The summed E-state index contributed by atoms with van der Waals surface area (Å²) in [5.74, 6) is -6.96. The fourth-order valence-electron chi connectivity index (χ4n) is 3.30. The molecule has 0 saturated carbocycles. The van der Waals surface area contributed by atoms with Crippen LogP contribution < -0.4 is 4.74 Å². The average molecular weight is 424 g/mol. The van der Waals surface area contributed by atoms with Gasteiger partial charge in [-0.25, -0.2) is 17.6 Å². The predicted molar refractivity (Wildman–Crippen MR) is 101 cm³/mol. The van der Waals surface area contributed by atoms with Crippen molar-refractivity contribution in [2.45, 2.75) is 24.7 Å². The normalized spacial score (nSPS) is 12.8. The lowest BCUT2D eigenvalue weighted by Crippen LogP contribution is -2.24. The maximum absolute atomic E-state index is 14.2. The molecule has 3 rings (SSSR count). The van der Waals surface area contributed by atoms with Gasteiger partial charge in [0.2, 0.25) is 0 Å². The number of hydrogen-bond acceptors (Lipinski definition) is 1. The van der Waals surface area contributed by atoms with E-state index in [9.17, 15) is 26.3 Å². The SMILES string of the molecule is COc1cc([C@@H](Cc2ccccc2)c2cc(F)cc(C(F)(F)C(F)F)c2)ccc1F. The van der Waals surface area contributed by atoms with Crippen LogP contribution in [0, 0.1) is 11.6 Å². The largest absolute Gasteiger partial charge is 0.494 e. The van der Waals surface area contributed by atoms with Crippen molar-refractivity contribution >= 4 is 0 Å². The Morgan fingerprint density at radius 3 is 2.20 bits per heavy atom. The van der Waals surface area contributed by atoms with Crippen molar-refractivity contribution < 1.29 is 31.1 Å². The molecule has 30 heavy (non-hydrogen) atoms. The molecular weight excluding hydrogens is 406 g/mol. The molecule has 0 bridgehead atoms. The monoisotopic (exact) mass is 424 g/mol. The summed E-state index contributed by atoms with van der Waals surface area (Å²) in [7, 11) is 1.28. The Kier molecular flexibility index (Phi) is 6.39. The van der Waals surface area contributed by atoms with Gasteiger partial charge in [0.25, 0.3) is 0 Å². The minimum Gasteiger partial charge on any atom is -0.494 e. The number of rotatable bonds is 7. The van der Waals surface area contributed by atoms with Gasteiger partial charge in [-0.1, -0.05) is 36.4 Å². The lowest BCUT2D eigenvalue weighted by molar-refractivity contribution is -0.135. The van der Waals surface area contributed by atoms with Crippen LogP contribution in [0.4, 0.5) is 26.3 Å². The summed E-state index contributed by atoms with van der Waals surface area (Å²) in [6.45, 7) is 0.